The van der Waals surface area contributed by atoms with Gasteiger partial charge in [-0.1, -0.05) is 5.57 Å². The van der Waals surface area contributed by atoms with Crippen LogP contribution in [-0.2, 0) is 0 Å². The fourth-order valence-corrected chi connectivity index (χ4v) is 0.804. The molecule has 0 atom stereocenters. The summed E-state index contributed by atoms with van der Waals surface area (Å²) in [5, 5.41) is 8.70. The minimum absolute atomic E-state index is 0.620. The molecule has 0 saturated heterocycles. The third kappa shape index (κ3) is 1.47. The van der Waals surface area contributed by atoms with E-state index in [4.69, 9.17) is 5.26 Å². The van der Waals surface area contributed by atoms with Crippen molar-refractivity contribution in [3.8, 4) is 6.07 Å². The predicted molar refractivity (Wildman–Crippen MR) is 42.5 cm³/mol. The molecule has 0 aliphatic heterocycles. The molecule has 1 rings (SSSR count). The molecule has 0 aliphatic rings. The molecule has 3 heteroatoms. The van der Waals surface area contributed by atoms with Crippen molar-refractivity contribution in [1.29, 1.82) is 5.26 Å². The zero-order valence-electron chi connectivity index (χ0n) is 6.55. The maximum Gasteiger partial charge on any atom is 0.147 e. The van der Waals surface area contributed by atoms with E-state index in [-0.39, 0.29) is 0 Å². The van der Waals surface area contributed by atoms with E-state index in [0.29, 0.717) is 11.4 Å². The number of aromatic amines is 1. The topological polar surface area (TPSA) is 52.5 Å². The number of nitrogens with zero attached hydrogens (tertiary/aromatic N) is 2. The van der Waals surface area contributed by atoms with Crippen LogP contribution in [0.3, 0.4) is 0 Å². The van der Waals surface area contributed by atoms with Crippen LogP contribution in [0.1, 0.15) is 19.7 Å². The van der Waals surface area contributed by atoms with Gasteiger partial charge in [0.25, 0.3) is 0 Å². The molecule has 0 unspecified atom stereocenters. The van der Waals surface area contributed by atoms with Crippen molar-refractivity contribution < 1.29 is 0 Å². The van der Waals surface area contributed by atoms with Gasteiger partial charge in [0.2, 0.25) is 0 Å². The quantitative estimate of drug-likeness (QED) is 0.615. The molecule has 0 aromatic carbocycles. The van der Waals surface area contributed by atoms with Crippen LogP contribution in [0.15, 0.2) is 18.0 Å². The monoisotopic (exact) mass is 147 g/mol. The van der Waals surface area contributed by atoms with E-state index in [1.165, 1.54) is 0 Å². The Morgan fingerprint density at radius 1 is 1.64 bits per heavy atom. The van der Waals surface area contributed by atoms with Gasteiger partial charge >= 0.3 is 0 Å². The van der Waals surface area contributed by atoms with Gasteiger partial charge < -0.3 is 4.98 Å². The lowest BCUT2D eigenvalue weighted by molar-refractivity contribution is 1.22. The molecule has 0 radical (unpaired) electrons. The van der Waals surface area contributed by atoms with Gasteiger partial charge in [-0.3, -0.25) is 0 Å². The second-order valence-electron chi connectivity index (χ2n) is 2.42. The Labute approximate surface area is 65.4 Å². The molecule has 0 aliphatic carbocycles. The molecule has 1 heterocycles. The summed E-state index contributed by atoms with van der Waals surface area (Å²) in [4.78, 5) is 6.85. The van der Waals surface area contributed by atoms with Gasteiger partial charge in [-0.05, 0) is 13.8 Å². The third-order valence-electron chi connectivity index (χ3n) is 1.35. The number of imidazole rings is 1. The molecular formula is C8H9N3. The molecule has 0 amide bonds. The fraction of sp³-hybridized carbons (Fsp3) is 0.250. The highest BCUT2D eigenvalue weighted by molar-refractivity contribution is 5.74. The molecule has 56 valence electrons. The van der Waals surface area contributed by atoms with Crippen LogP contribution in [0.25, 0.3) is 5.57 Å². The summed E-state index contributed by atoms with van der Waals surface area (Å²) in [6, 6.07) is 2.09. The van der Waals surface area contributed by atoms with Crippen molar-refractivity contribution in [2.75, 3.05) is 0 Å². The minimum Gasteiger partial charge on any atom is -0.344 e. The van der Waals surface area contributed by atoms with Crippen molar-refractivity contribution in [2.45, 2.75) is 13.8 Å². The van der Waals surface area contributed by atoms with E-state index in [0.717, 1.165) is 5.57 Å². The third-order valence-corrected chi connectivity index (χ3v) is 1.35. The summed E-state index contributed by atoms with van der Waals surface area (Å²) in [5.41, 5.74) is 1.59. The first-order chi connectivity index (χ1) is 5.25. The fourth-order valence-electron chi connectivity index (χ4n) is 0.804. The molecule has 1 aromatic heterocycles. The summed E-state index contributed by atoms with van der Waals surface area (Å²) in [6.45, 7) is 3.78. The van der Waals surface area contributed by atoms with Crippen LogP contribution in [0.5, 0.6) is 0 Å². The van der Waals surface area contributed by atoms with Gasteiger partial charge in [-0.2, -0.15) is 5.26 Å². The Morgan fingerprint density at radius 3 is 2.73 bits per heavy atom. The highest BCUT2D eigenvalue weighted by Crippen LogP contribution is 2.12. The lowest BCUT2D eigenvalue weighted by Crippen LogP contribution is -1.86. The first kappa shape index (κ1) is 7.55. The summed E-state index contributed by atoms with van der Waals surface area (Å²) in [5.74, 6) is 0.646. The summed E-state index contributed by atoms with van der Waals surface area (Å²) in [6.07, 6.45) is 3.34. The van der Waals surface area contributed by atoms with Crippen LogP contribution < -0.4 is 0 Å². The molecule has 1 aromatic rings. The van der Waals surface area contributed by atoms with Crippen LogP contribution in [-0.4, -0.2) is 9.97 Å². The number of hydrogen-bond acceptors (Lipinski definition) is 2. The van der Waals surface area contributed by atoms with Crippen LogP contribution >= 0.6 is 0 Å². The smallest absolute Gasteiger partial charge is 0.147 e. The van der Waals surface area contributed by atoms with E-state index in [2.05, 4.69) is 16.0 Å². The van der Waals surface area contributed by atoms with Gasteiger partial charge in [0, 0.05) is 12.4 Å². The molecule has 0 bridgehead atoms. The number of aromatic nitrogens is 2. The van der Waals surface area contributed by atoms with E-state index in [1.807, 2.05) is 13.8 Å². The zero-order valence-corrected chi connectivity index (χ0v) is 6.55. The summed E-state index contributed by atoms with van der Waals surface area (Å²) < 4.78 is 0. The van der Waals surface area contributed by atoms with Crippen molar-refractivity contribution in [3.05, 3.63) is 23.8 Å². The zero-order chi connectivity index (χ0) is 8.27. The second kappa shape index (κ2) is 3.02. The van der Waals surface area contributed by atoms with Crippen molar-refractivity contribution in [2.24, 2.45) is 0 Å². The largest absolute Gasteiger partial charge is 0.344 e. The summed E-state index contributed by atoms with van der Waals surface area (Å²) >= 11 is 0. The molecule has 3 nitrogen and oxygen atoms in total. The van der Waals surface area contributed by atoms with E-state index < -0.39 is 0 Å². The summed E-state index contributed by atoms with van der Waals surface area (Å²) in [7, 11) is 0. The van der Waals surface area contributed by atoms with E-state index in [9.17, 15) is 0 Å². The predicted octanol–water partition coefficient (Wildman–Crippen LogP) is 1.73. The van der Waals surface area contributed by atoms with Crippen LogP contribution in [0, 0.1) is 11.3 Å². The Morgan fingerprint density at radius 2 is 2.36 bits per heavy atom. The number of hydrogen-bond donors (Lipinski definition) is 1. The minimum atomic E-state index is 0.620. The van der Waals surface area contributed by atoms with Crippen molar-refractivity contribution in [3.63, 3.8) is 0 Å². The first-order valence-electron chi connectivity index (χ1n) is 3.33. The molecule has 1 N–H and O–H groups in total. The molecule has 0 saturated carbocycles. The lowest BCUT2D eigenvalue weighted by Gasteiger charge is -1.93. The molecular weight excluding hydrogens is 138 g/mol. The lowest BCUT2D eigenvalue weighted by atomic mass is 10.1. The standard InChI is InChI=1S/C8H9N3/c1-6(2)7(5-9)8-10-3-4-11-8/h3-4H,1-2H3,(H,10,11). The number of allylic oxidation sites excluding steroid dienone is 2. The Hall–Kier alpha value is -1.56. The maximum atomic E-state index is 8.70. The molecule has 0 fully saturated rings. The number of nitriles is 1. The number of rotatable bonds is 1. The number of H-pyrrole nitrogens is 1. The van der Waals surface area contributed by atoms with Gasteiger partial charge in [0.15, 0.2) is 0 Å². The van der Waals surface area contributed by atoms with Gasteiger partial charge in [0.1, 0.15) is 11.9 Å². The highest BCUT2D eigenvalue weighted by atomic mass is 14.9. The molecule has 11 heavy (non-hydrogen) atoms. The van der Waals surface area contributed by atoms with Crippen LogP contribution in [0.4, 0.5) is 0 Å². The van der Waals surface area contributed by atoms with Crippen molar-refractivity contribution in [1.82, 2.24) is 9.97 Å². The maximum absolute atomic E-state index is 8.70. The van der Waals surface area contributed by atoms with E-state index in [1.54, 1.807) is 12.4 Å². The highest BCUT2D eigenvalue weighted by Gasteiger charge is 2.02. The van der Waals surface area contributed by atoms with Crippen LogP contribution in [0.2, 0.25) is 0 Å². The van der Waals surface area contributed by atoms with Gasteiger partial charge in [-0.15, -0.1) is 0 Å². The van der Waals surface area contributed by atoms with Crippen molar-refractivity contribution >= 4 is 5.57 Å². The Balaban J connectivity index is 3.12. The van der Waals surface area contributed by atoms with Gasteiger partial charge in [0.05, 0.1) is 5.57 Å². The molecule has 0 spiro atoms. The Kier molecular flexibility index (Phi) is 2.07. The van der Waals surface area contributed by atoms with Gasteiger partial charge in [-0.25, -0.2) is 4.98 Å². The normalized spacial score (nSPS) is 8.82. The Bertz CT molecular complexity index is 297. The average Bonchev–Trinajstić information content (AvgIpc) is 2.40. The second-order valence-corrected chi connectivity index (χ2v) is 2.42. The average molecular weight is 147 g/mol. The SMILES string of the molecule is CC(C)=C(C#N)c1ncc[nH]1. The number of nitrogens with one attached hydrogen (secondary N) is 1. The first-order valence-corrected chi connectivity index (χ1v) is 3.33. The van der Waals surface area contributed by atoms with E-state index >= 15 is 0 Å².